The molecule has 3 aromatic rings. The maximum absolute atomic E-state index is 4.61. The van der Waals surface area contributed by atoms with Gasteiger partial charge in [-0.1, -0.05) is 35.0 Å². The van der Waals surface area contributed by atoms with Crippen LogP contribution in [0.4, 0.5) is 5.95 Å². The molecule has 0 radical (unpaired) electrons. The largest absolute Gasteiger partial charge is 0.354 e. The number of fused-ring (bicyclic) bond motifs is 1. The summed E-state index contributed by atoms with van der Waals surface area (Å²) in [5, 5.41) is 11.1. The molecule has 0 spiro atoms. The molecule has 0 amide bonds. The molecule has 0 aliphatic rings. The number of nitrogens with one attached hydrogen (secondary N) is 2. The lowest BCUT2D eigenvalue weighted by Crippen LogP contribution is -2.05. The van der Waals surface area contributed by atoms with Crippen LogP contribution in [0.25, 0.3) is 22.3 Å². The van der Waals surface area contributed by atoms with Gasteiger partial charge >= 0.3 is 0 Å². The molecule has 20 heavy (non-hydrogen) atoms. The van der Waals surface area contributed by atoms with Crippen LogP contribution in [-0.2, 0) is 0 Å². The van der Waals surface area contributed by atoms with Crippen molar-refractivity contribution in [1.29, 1.82) is 0 Å². The van der Waals surface area contributed by atoms with Crippen molar-refractivity contribution in [1.82, 2.24) is 20.2 Å². The molecule has 2 heterocycles. The lowest BCUT2D eigenvalue weighted by Gasteiger charge is -2.07. The molecule has 0 aliphatic heterocycles. The van der Waals surface area contributed by atoms with E-state index in [1.54, 1.807) is 6.20 Å². The van der Waals surface area contributed by atoms with Gasteiger partial charge in [-0.05, 0) is 18.6 Å². The van der Waals surface area contributed by atoms with Crippen molar-refractivity contribution in [3.63, 3.8) is 0 Å². The molecule has 3 rings (SSSR count). The number of aromatic nitrogens is 4. The first kappa shape index (κ1) is 13.1. The SMILES string of the molecule is CCCNc1nc(-c2ccc(Br)cc2)c2cn[nH]c2n1. The molecular formula is C14H14BrN5. The van der Waals surface area contributed by atoms with E-state index in [0.717, 1.165) is 39.7 Å². The Kier molecular flexibility index (Phi) is 3.64. The highest BCUT2D eigenvalue weighted by Crippen LogP contribution is 2.27. The fraction of sp³-hybridized carbons (Fsp3) is 0.214. The van der Waals surface area contributed by atoms with Crippen LogP contribution in [0.3, 0.4) is 0 Å². The number of benzene rings is 1. The predicted molar refractivity (Wildman–Crippen MR) is 83.6 cm³/mol. The van der Waals surface area contributed by atoms with Gasteiger partial charge in [-0.15, -0.1) is 0 Å². The lowest BCUT2D eigenvalue weighted by molar-refractivity contribution is 0.955. The fourth-order valence-electron chi connectivity index (χ4n) is 1.98. The Morgan fingerprint density at radius 2 is 2.00 bits per heavy atom. The third-order valence-corrected chi connectivity index (χ3v) is 3.49. The van der Waals surface area contributed by atoms with Gasteiger partial charge in [-0.25, -0.2) is 4.98 Å². The first-order chi connectivity index (χ1) is 9.78. The molecular weight excluding hydrogens is 318 g/mol. The van der Waals surface area contributed by atoms with Crippen LogP contribution in [0.15, 0.2) is 34.9 Å². The van der Waals surface area contributed by atoms with Crippen LogP contribution in [-0.4, -0.2) is 26.7 Å². The molecule has 0 unspecified atom stereocenters. The summed E-state index contributed by atoms with van der Waals surface area (Å²) in [6.07, 6.45) is 2.79. The van der Waals surface area contributed by atoms with E-state index in [9.17, 15) is 0 Å². The summed E-state index contributed by atoms with van der Waals surface area (Å²) < 4.78 is 1.04. The second-order valence-electron chi connectivity index (χ2n) is 4.46. The number of H-pyrrole nitrogens is 1. The standard InChI is InChI=1S/C14H14BrN5/c1-2-7-16-14-18-12(9-3-5-10(15)6-4-9)11-8-17-20-13(11)19-14/h3-6,8H,2,7H2,1H3,(H2,16,17,18,19,20). The normalized spacial score (nSPS) is 10.9. The number of halogens is 1. The second kappa shape index (κ2) is 5.58. The molecule has 0 fully saturated rings. The van der Waals surface area contributed by atoms with E-state index >= 15 is 0 Å². The molecule has 102 valence electrons. The van der Waals surface area contributed by atoms with E-state index < -0.39 is 0 Å². The van der Waals surface area contributed by atoms with E-state index in [0.29, 0.717) is 5.95 Å². The fourth-order valence-corrected chi connectivity index (χ4v) is 2.24. The molecule has 0 bridgehead atoms. The van der Waals surface area contributed by atoms with Crippen LogP contribution >= 0.6 is 15.9 Å². The van der Waals surface area contributed by atoms with E-state index in [-0.39, 0.29) is 0 Å². The number of aromatic amines is 1. The molecule has 2 N–H and O–H groups in total. The highest BCUT2D eigenvalue weighted by Gasteiger charge is 2.11. The molecule has 0 atom stereocenters. The highest BCUT2D eigenvalue weighted by atomic mass is 79.9. The van der Waals surface area contributed by atoms with E-state index in [1.807, 2.05) is 24.3 Å². The molecule has 6 heteroatoms. The Hall–Kier alpha value is -1.95. The van der Waals surface area contributed by atoms with Gasteiger partial charge in [-0.3, -0.25) is 5.10 Å². The number of nitrogens with zero attached hydrogens (tertiary/aromatic N) is 3. The number of hydrogen-bond donors (Lipinski definition) is 2. The molecule has 1 aromatic carbocycles. The minimum Gasteiger partial charge on any atom is -0.354 e. The Bertz CT molecular complexity index is 720. The topological polar surface area (TPSA) is 66.5 Å². The van der Waals surface area contributed by atoms with E-state index in [4.69, 9.17) is 0 Å². The van der Waals surface area contributed by atoms with Crippen molar-refractivity contribution >= 4 is 32.9 Å². The van der Waals surface area contributed by atoms with Crippen molar-refractivity contribution in [3.05, 3.63) is 34.9 Å². The lowest BCUT2D eigenvalue weighted by atomic mass is 10.1. The van der Waals surface area contributed by atoms with Crippen LogP contribution in [0.2, 0.25) is 0 Å². The van der Waals surface area contributed by atoms with E-state index in [2.05, 4.69) is 48.3 Å². The van der Waals surface area contributed by atoms with Gasteiger partial charge in [-0.2, -0.15) is 10.1 Å². The van der Waals surface area contributed by atoms with Gasteiger partial charge in [0.2, 0.25) is 5.95 Å². The average molecular weight is 332 g/mol. The van der Waals surface area contributed by atoms with Crippen molar-refractivity contribution < 1.29 is 0 Å². The Labute approximate surface area is 125 Å². The summed E-state index contributed by atoms with van der Waals surface area (Å²) in [5.41, 5.74) is 2.67. The van der Waals surface area contributed by atoms with Gasteiger partial charge in [0, 0.05) is 16.6 Å². The monoisotopic (exact) mass is 331 g/mol. The number of hydrogen-bond acceptors (Lipinski definition) is 4. The summed E-state index contributed by atoms with van der Waals surface area (Å²) >= 11 is 3.45. The third kappa shape index (κ3) is 2.51. The van der Waals surface area contributed by atoms with Gasteiger partial charge in [0.05, 0.1) is 17.3 Å². The molecule has 0 aliphatic carbocycles. The van der Waals surface area contributed by atoms with Crippen LogP contribution < -0.4 is 5.32 Å². The minimum atomic E-state index is 0.626. The molecule has 2 aromatic heterocycles. The maximum atomic E-state index is 4.61. The van der Waals surface area contributed by atoms with E-state index in [1.165, 1.54) is 0 Å². The van der Waals surface area contributed by atoms with Gasteiger partial charge in [0.15, 0.2) is 5.65 Å². The zero-order valence-electron chi connectivity index (χ0n) is 11.0. The smallest absolute Gasteiger partial charge is 0.225 e. The summed E-state index contributed by atoms with van der Waals surface area (Å²) in [7, 11) is 0. The van der Waals surface area contributed by atoms with Crippen LogP contribution in [0.5, 0.6) is 0 Å². The molecule has 0 saturated heterocycles. The van der Waals surface area contributed by atoms with Crippen molar-refractivity contribution in [2.75, 3.05) is 11.9 Å². The Morgan fingerprint density at radius 3 is 2.75 bits per heavy atom. The minimum absolute atomic E-state index is 0.626. The third-order valence-electron chi connectivity index (χ3n) is 2.96. The zero-order valence-corrected chi connectivity index (χ0v) is 12.6. The van der Waals surface area contributed by atoms with Gasteiger partial charge < -0.3 is 5.32 Å². The average Bonchev–Trinajstić information content (AvgIpc) is 2.93. The van der Waals surface area contributed by atoms with Gasteiger partial charge in [0.1, 0.15) is 0 Å². The summed E-state index contributed by atoms with van der Waals surface area (Å²) in [4.78, 5) is 9.04. The number of anilines is 1. The zero-order chi connectivity index (χ0) is 13.9. The summed E-state index contributed by atoms with van der Waals surface area (Å²) in [6.45, 7) is 2.96. The predicted octanol–water partition coefficient (Wildman–Crippen LogP) is 3.60. The first-order valence-electron chi connectivity index (χ1n) is 6.49. The van der Waals surface area contributed by atoms with Crippen LogP contribution in [0, 0.1) is 0 Å². The first-order valence-corrected chi connectivity index (χ1v) is 7.28. The van der Waals surface area contributed by atoms with Crippen molar-refractivity contribution in [2.45, 2.75) is 13.3 Å². The van der Waals surface area contributed by atoms with Crippen molar-refractivity contribution in [3.8, 4) is 11.3 Å². The Morgan fingerprint density at radius 1 is 1.20 bits per heavy atom. The summed E-state index contributed by atoms with van der Waals surface area (Å²) in [6, 6.07) is 8.07. The molecule has 5 nitrogen and oxygen atoms in total. The van der Waals surface area contributed by atoms with Crippen molar-refractivity contribution in [2.24, 2.45) is 0 Å². The summed E-state index contributed by atoms with van der Waals surface area (Å²) in [5.74, 6) is 0.626. The molecule has 0 saturated carbocycles. The number of rotatable bonds is 4. The second-order valence-corrected chi connectivity index (χ2v) is 5.38. The van der Waals surface area contributed by atoms with Crippen LogP contribution in [0.1, 0.15) is 13.3 Å². The quantitative estimate of drug-likeness (QED) is 0.766. The maximum Gasteiger partial charge on any atom is 0.225 e. The Balaban J connectivity index is 2.11. The van der Waals surface area contributed by atoms with Gasteiger partial charge in [0.25, 0.3) is 0 Å². The highest BCUT2D eigenvalue weighted by molar-refractivity contribution is 9.10.